The van der Waals surface area contributed by atoms with Gasteiger partial charge in [0.2, 0.25) is 5.91 Å². The largest absolute Gasteiger partial charge is 0.497 e. The van der Waals surface area contributed by atoms with Gasteiger partial charge in [-0.2, -0.15) is 0 Å². The number of benzene rings is 3. The Kier molecular flexibility index (Phi) is 10.2. The number of anilines is 1. The van der Waals surface area contributed by atoms with Gasteiger partial charge in [-0.1, -0.05) is 67.7 Å². The molecule has 0 saturated carbocycles. The molecule has 0 aromatic heterocycles. The second kappa shape index (κ2) is 14.1. The summed E-state index contributed by atoms with van der Waals surface area (Å²) in [4.78, 5) is 29.8. The van der Waals surface area contributed by atoms with Gasteiger partial charge in [0.05, 0.1) is 34.4 Å². The molecule has 1 fully saturated rings. The first-order valence-electron chi connectivity index (χ1n) is 15.5. The molecule has 5 rings (SSSR count). The van der Waals surface area contributed by atoms with Gasteiger partial charge >= 0.3 is 6.09 Å². The van der Waals surface area contributed by atoms with Gasteiger partial charge in [-0.15, -0.1) is 0 Å². The predicted octanol–water partition coefficient (Wildman–Crippen LogP) is 5.13. The van der Waals surface area contributed by atoms with Crippen LogP contribution in [0.4, 0.5) is 10.5 Å². The number of carbonyl (C=O) groups excluding carboxylic acids is 2. The van der Waals surface area contributed by atoms with Crippen LogP contribution in [0.5, 0.6) is 11.5 Å². The highest BCUT2D eigenvalue weighted by molar-refractivity contribution is 6.91. The Balaban J connectivity index is 1.51. The van der Waals surface area contributed by atoms with Crippen molar-refractivity contribution in [2.75, 3.05) is 45.4 Å². The zero-order valence-electron chi connectivity index (χ0n) is 26.8. The van der Waals surface area contributed by atoms with Crippen LogP contribution < -0.4 is 19.6 Å². The average molecular weight is 633 g/mol. The van der Waals surface area contributed by atoms with Crippen LogP contribution in [0.3, 0.4) is 0 Å². The first-order chi connectivity index (χ1) is 21.7. The molecule has 9 nitrogen and oxygen atoms in total. The monoisotopic (exact) mass is 632 g/mol. The highest BCUT2D eigenvalue weighted by atomic mass is 28.3. The first kappa shape index (κ1) is 32.5. The number of rotatable bonds is 12. The van der Waals surface area contributed by atoms with Crippen LogP contribution in [0.25, 0.3) is 0 Å². The maximum absolute atomic E-state index is 14.2. The molecule has 2 amide bonds. The van der Waals surface area contributed by atoms with Crippen LogP contribution in [0.15, 0.2) is 72.8 Å². The number of cyclic esters (lactones) is 1. The van der Waals surface area contributed by atoms with E-state index in [1.165, 1.54) is 5.19 Å². The molecule has 1 saturated heterocycles. The molecule has 1 unspecified atom stereocenters. The third-order valence-electron chi connectivity index (χ3n) is 9.38. The summed E-state index contributed by atoms with van der Waals surface area (Å²) in [5, 5.41) is 11.1. The van der Waals surface area contributed by atoms with Crippen molar-refractivity contribution in [3.8, 4) is 11.5 Å². The van der Waals surface area contributed by atoms with Gasteiger partial charge in [-0.25, -0.2) is 4.79 Å². The number of methoxy groups -OCH3 is 2. The fraction of sp³-hybridized carbons (Fsp3) is 0.429. The van der Waals surface area contributed by atoms with E-state index in [1.807, 2.05) is 60.7 Å². The lowest BCUT2D eigenvalue weighted by molar-refractivity contribution is -0.133. The molecule has 3 aromatic rings. The molecular weight excluding hydrogens is 588 g/mol. The molecule has 0 spiro atoms. The van der Waals surface area contributed by atoms with E-state index in [1.54, 1.807) is 24.0 Å². The normalized spacial score (nSPS) is 20.2. The molecule has 0 aliphatic carbocycles. The molecule has 3 aromatic carbocycles. The molecule has 0 radical (unpaired) electrons. The fourth-order valence-corrected chi connectivity index (χ4v) is 10.0. The topological polar surface area (TPSA) is 97.8 Å². The van der Waals surface area contributed by atoms with Gasteiger partial charge in [-0.3, -0.25) is 9.69 Å². The van der Waals surface area contributed by atoms with Crippen LogP contribution in [-0.2, 0) is 20.8 Å². The van der Waals surface area contributed by atoms with Crippen molar-refractivity contribution in [3.05, 3.63) is 83.9 Å². The van der Waals surface area contributed by atoms with Crippen molar-refractivity contribution in [2.24, 2.45) is 5.92 Å². The van der Waals surface area contributed by atoms with Crippen molar-refractivity contribution < 1.29 is 33.6 Å². The minimum atomic E-state index is -2.42. The number of fused-ring (bicyclic) bond motifs is 1. The van der Waals surface area contributed by atoms with E-state index < -0.39 is 8.07 Å². The van der Waals surface area contributed by atoms with Gasteiger partial charge in [0, 0.05) is 49.3 Å². The quantitative estimate of drug-likeness (QED) is 0.277. The number of hydrogen-bond acceptors (Lipinski definition) is 7. The van der Waals surface area contributed by atoms with E-state index >= 15 is 0 Å². The second-order valence-corrected chi connectivity index (χ2v) is 17.1. The van der Waals surface area contributed by atoms with Crippen molar-refractivity contribution >= 4 is 30.9 Å². The minimum absolute atomic E-state index is 0.0227. The molecule has 4 atom stereocenters. The third kappa shape index (κ3) is 6.88. The molecule has 1 N–H and O–H groups in total. The Hall–Kier alpha value is -3.86. The summed E-state index contributed by atoms with van der Waals surface area (Å²) in [6.07, 6.45) is -0.740. The van der Waals surface area contributed by atoms with Crippen LogP contribution in [0, 0.1) is 5.92 Å². The second-order valence-electron chi connectivity index (χ2n) is 12.4. The van der Waals surface area contributed by atoms with Crippen molar-refractivity contribution in [2.45, 2.75) is 50.7 Å². The molecule has 2 heterocycles. The highest BCUT2D eigenvalue weighted by Crippen LogP contribution is 2.48. The Morgan fingerprint density at radius 3 is 2.44 bits per heavy atom. The Morgan fingerprint density at radius 2 is 1.82 bits per heavy atom. The molecular formula is C35H44N2O7Si. The average Bonchev–Trinajstić information content (AvgIpc) is 3.49. The van der Waals surface area contributed by atoms with Gasteiger partial charge in [-0.05, 0) is 35.9 Å². The van der Waals surface area contributed by atoms with Crippen molar-refractivity contribution in [1.29, 1.82) is 0 Å². The van der Waals surface area contributed by atoms with Gasteiger partial charge in [0.25, 0.3) is 0 Å². The zero-order valence-corrected chi connectivity index (χ0v) is 27.8. The molecule has 45 heavy (non-hydrogen) atoms. The van der Waals surface area contributed by atoms with E-state index in [0.29, 0.717) is 25.4 Å². The van der Waals surface area contributed by atoms with Crippen LogP contribution in [0.2, 0.25) is 18.6 Å². The number of nitrogens with zero attached hydrogens (tertiary/aromatic N) is 2. The van der Waals surface area contributed by atoms with E-state index in [4.69, 9.17) is 18.9 Å². The number of ether oxygens (including phenoxy) is 4. The van der Waals surface area contributed by atoms with Crippen LogP contribution in [0.1, 0.15) is 30.6 Å². The summed E-state index contributed by atoms with van der Waals surface area (Å²) in [5.41, 5.74) is 2.49. The number of carbonyl (C=O) groups is 2. The van der Waals surface area contributed by atoms with E-state index in [2.05, 4.69) is 32.2 Å². The maximum Gasteiger partial charge on any atom is 0.414 e. The summed E-state index contributed by atoms with van der Waals surface area (Å²) >= 11 is 0. The standard InChI is InChI=1S/C35H44N2O7Si/c1-24-33(42-3)29-21-26(37-18-20-43-35(37)40)11-16-30(29)44-34(24)31(45(4,5)28-14-12-27(41-2)13-15-28)22-32(39)36(17-19-38)23-25-9-7-6-8-10-25/h6-16,21,24,31,33-34,38H,17-20,22-23H2,1-5H3/t24-,31?,33-,34-/m0/s1. The molecule has 2 aliphatic heterocycles. The van der Waals surface area contributed by atoms with Gasteiger partial charge < -0.3 is 29.0 Å². The van der Waals surface area contributed by atoms with E-state index in [-0.39, 0.29) is 55.2 Å². The highest BCUT2D eigenvalue weighted by Gasteiger charge is 2.48. The number of amides is 2. The van der Waals surface area contributed by atoms with E-state index in [9.17, 15) is 14.7 Å². The predicted molar refractivity (Wildman–Crippen MR) is 176 cm³/mol. The summed E-state index contributed by atoms with van der Waals surface area (Å²) in [5.74, 6) is 1.34. The molecule has 0 bridgehead atoms. The summed E-state index contributed by atoms with van der Waals surface area (Å²) in [6, 6.07) is 23.7. The Bertz CT molecular complexity index is 1470. The molecule has 240 valence electrons. The van der Waals surface area contributed by atoms with Crippen LogP contribution >= 0.6 is 0 Å². The van der Waals surface area contributed by atoms with Crippen LogP contribution in [-0.4, -0.2) is 76.7 Å². The summed E-state index contributed by atoms with van der Waals surface area (Å²) in [7, 11) is 0.928. The fourth-order valence-electron chi connectivity index (χ4n) is 6.71. The lowest BCUT2D eigenvalue weighted by Crippen LogP contribution is -2.55. The van der Waals surface area contributed by atoms with Gasteiger partial charge in [0.15, 0.2) is 0 Å². The van der Waals surface area contributed by atoms with Crippen molar-refractivity contribution in [1.82, 2.24) is 4.90 Å². The maximum atomic E-state index is 14.2. The van der Waals surface area contributed by atoms with E-state index in [0.717, 1.165) is 22.6 Å². The van der Waals surface area contributed by atoms with Crippen molar-refractivity contribution in [3.63, 3.8) is 0 Å². The summed E-state index contributed by atoms with van der Waals surface area (Å²) in [6.45, 7) is 8.09. The summed E-state index contributed by atoms with van der Waals surface area (Å²) < 4.78 is 23.6. The number of aliphatic hydroxyl groups excluding tert-OH is 1. The smallest absolute Gasteiger partial charge is 0.414 e. The number of hydrogen-bond donors (Lipinski definition) is 1. The third-order valence-corrected chi connectivity index (χ3v) is 13.6. The number of aliphatic hydroxyl groups is 1. The van der Waals surface area contributed by atoms with Gasteiger partial charge in [0.1, 0.15) is 24.2 Å². The zero-order chi connectivity index (χ0) is 32.1. The Labute approximate surface area is 266 Å². The lowest BCUT2D eigenvalue weighted by Gasteiger charge is -2.46. The molecule has 2 aliphatic rings. The SMILES string of the molecule is COc1ccc([Si](C)(C)C(CC(=O)N(CCO)Cc2ccccc2)[C@H]2Oc3ccc(N4CCOC4=O)cc3[C@@H](OC)[C@@H]2C)cc1. The minimum Gasteiger partial charge on any atom is -0.497 e. The first-order valence-corrected chi connectivity index (χ1v) is 18.6. The molecule has 10 heteroatoms. The lowest BCUT2D eigenvalue weighted by atomic mass is 9.86. The Morgan fingerprint density at radius 1 is 1.09 bits per heavy atom.